The highest BCUT2D eigenvalue weighted by molar-refractivity contribution is 6.30. The van der Waals surface area contributed by atoms with E-state index in [0.717, 1.165) is 0 Å². The van der Waals surface area contributed by atoms with Gasteiger partial charge in [-0.2, -0.15) is 0 Å². The highest BCUT2D eigenvalue weighted by Crippen LogP contribution is 2.24. The second-order valence-corrected chi connectivity index (χ2v) is 6.79. The fraction of sp³-hybridized carbons (Fsp3) is 0.263. The van der Waals surface area contributed by atoms with Crippen molar-refractivity contribution in [1.82, 2.24) is 0 Å². The van der Waals surface area contributed by atoms with Crippen molar-refractivity contribution >= 4 is 35.1 Å². The molecule has 1 aliphatic heterocycles. The molecule has 2 aromatic rings. The van der Waals surface area contributed by atoms with Gasteiger partial charge in [0.2, 0.25) is 0 Å². The number of halogens is 2. The Hall–Kier alpha value is -2.12. The van der Waals surface area contributed by atoms with Crippen molar-refractivity contribution in [2.45, 2.75) is 24.9 Å². The predicted octanol–water partition coefficient (Wildman–Crippen LogP) is 3.48. The molecule has 8 heteroatoms. The van der Waals surface area contributed by atoms with Crippen LogP contribution in [0.4, 0.5) is 0 Å². The number of esters is 2. The van der Waals surface area contributed by atoms with Crippen LogP contribution in [0.15, 0.2) is 48.5 Å². The van der Waals surface area contributed by atoms with Crippen molar-refractivity contribution < 1.29 is 28.9 Å². The summed E-state index contributed by atoms with van der Waals surface area (Å²) in [4.78, 5) is 24.3. The molecular weight excluding hydrogens is 395 g/mol. The van der Waals surface area contributed by atoms with E-state index in [4.69, 9.17) is 37.4 Å². The van der Waals surface area contributed by atoms with E-state index in [1.54, 1.807) is 24.3 Å². The van der Waals surface area contributed by atoms with Gasteiger partial charge >= 0.3 is 11.9 Å². The van der Waals surface area contributed by atoms with Crippen molar-refractivity contribution in [3.63, 3.8) is 0 Å². The highest BCUT2D eigenvalue weighted by atomic mass is 35.5. The van der Waals surface area contributed by atoms with Crippen LogP contribution in [0.3, 0.4) is 0 Å². The summed E-state index contributed by atoms with van der Waals surface area (Å²) in [5.74, 6) is -1.15. The van der Waals surface area contributed by atoms with Crippen LogP contribution in [-0.2, 0) is 14.2 Å². The van der Waals surface area contributed by atoms with E-state index >= 15 is 0 Å². The number of carbonyl (C=O) groups excluding carboxylic acids is 2. The number of benzene rings is 2. The molecule has 3 rings (SSSR count). The Morgan fingerprint density at radius 2 is 1.48 bits per heavy atom. The monoisotopic (exact) mass is 410 g/mol. The highest BCUT2D eigenvalue weighted by Gasteiger charge is 2.38. The van der Waals surface area contributed by atoms with E-state index in [-0.39, 0.29) is 13.0 Å². The largest absolute Gasteiger partial charge is 0.459 e. The zero-order chi connectivity index (χ0) is 19.4. The van der Waals surface area contributed by atoms with E-state index < -0.39 is 30.4 Å². The summed E-state index contributed by atoms with van der Waals surface area (Å²) in [6.07, 6.45) is -2.54. The third-order valence-electron chi connectivity index (χ3n) is 3.98. The van der Waals surface area contributed by atoms with E-state index in [1.807, 2.05) is 0 Å². The number of aliphatic hydroxyl groups excluding tert-OH is 1. The SMILES string of the molecule is O=C(OC[C@H]1O[C@H](O)C[C@@H]1OC(=O)c1ccc(Cl)cc1)c1ccc(Cl)cc1. The average molecular weight is 411 g/mol. The summed E-state index contributed by atoms with van der Waals surface area (Å²) in [5, 5.41) is 10.7. The molecule has 0 unspecified atom stereocenters. The molecule has 0 radical (unpaired) electrons. The number of hydrogen-bond donors (Lipinski definition) is 1. The summed E-state index contributed by atoms with van der Waals surface area (Å²) < 4.78 is 15.9. The van der Waals surface area contributed by atoms with Gasteiger partial charge in [0.05, 0.1) is 11.1 Å². The Morgan fingerprint density at radius 1 is 0.963 bits per heavy atom. The molecule has 0 amide bonds. The molecule has 0 aliphatic carbocycles. The molecule has 1 heterocycles. The van der Waals surface area contributed by atoms with Gasteiger partial charge in [0.15, 0.2) is 6.29 Å². The molecule has 1 aliphatic rings. The zero-order valence-corrected chi connectivity index (χ0v) is 15.5. The summed E-state index contributed by atoms with van der Waals surface area (Å²) in [6, 6.07) is 12.4. The maximum absolute atomic E-state index is 12.2. The van der Waals surface area contributed by atoms with Crippen molar-refractivity contribution in [2.75, 3.05) is 6.61 Å². The van der Waals surface area contributed by atoms with Crippen LogP contribution < -0.4 is 0 Å². The summed E-state index contributed by atoms with van der Waals surface area (Å²) in [6.45, 7) is -0.170. The Bertz CT molecular complexity index is 806. The van der Waals surface area contributed by atoms with Crippen LogP contribution >= 0.6 is 23.2 Å². The zero-order valence-electron chi connectivity index (χ0n) is 14.0. The molecule has 0 aromatic heterocycles. The Kier molecular flexibility index (Phi) is 6.34. The topological polar surface area (TPSA) is 82.1 Å². The van der Waals surface area contributed by atoms with Crippen LogP contribution in [0.25, 0.3) is 0 Å². The first-order valence-electron chi connectivity index (χ1n) is 8.15. The van der Waals surface area contributed by atoms with E-state index in [0.29, 0.717) is 21.2 Å². The minimum Gasteiger partial charge on any atom is -0.459 e. The molecule has 0 spiro atoms. The van der Waals surface area contributed by atoms with E-state index in [1.165, 1.54) is 24.3 Å². The van der Waals surface area contributed by atoms with E-state index in [9.17, 15) is 14.7 Å². The lowest BCUT2D eigenvalue weighted by atomic mass is 10.1. The maximum Gasteiger partial charge on any atom is 0.338 e. The minimum absolute atomic E-state index is 0.0858. The van der Waals surface area contributed by atoms with Crippen molar-refractivity contribution in [2.24, 2.45) is 0 Å². The van der Waals surface area contributed by atoms with Crippen LogP contribution in [0, 0.1) is 0 Å². The summed E-state index contributed by atoms with van der Waals surface area (Å²) in [5.41, 5.74) is 0.644. The summed E-state index contributed by atoms with van der Waals surface area (Å²) >= 11 is 11.6. The number of carbonyl (C=O) groups is 2. The molecule has 1 N–H and O–H groups in total. The Labute approximate surface area is 165 Å². The van der Waals surface area contributed by atoms with E-state index in [2.05, 4.69) is 0 Å². The molecule has 142 valence electrons. The number of hydrogen-bond acceptors (Lipinski definition) is 6. The van der Waals surface area contributed by atoms with Gasteiger partial charge in [0, 0.05) is 16.5 Å². The second kappa shape index (κ2) is 8.71. The first-order valence-corrected chi connectivity index (χ1v) is 8.91. The van der Waals surface area contributed by atoms with Crippen molar-refractivity contribution in [1.29, 1.82) is 0 Å². The molecular formula is C19H16Cl2O6. The number of rotatable bonds is 5. The third-order valence-corrected chi connectivity index (χ3v) is 4.48. The van der Waals surface area contributed by atoms with Gasteiger partial charge in [0.25, 0.3) is 0 Å². The van der Waals surface area contributed by atoms with Gasteiger partial charge in [-0.3, -0.25) is 0 Å². The molecule has 1 saturated heterocycles. The first-order chi connectivity index (χ1) is 12.9. The lowest BCUT2D eigenvalue weighted by Crippen LogP contribution is -2.32. The fourth-order valence-electron chi connectivity index (χ4n) is 2.58. The number of ether oxygens (including phenoxy) is 3. The van der Waals surface area contributed by atoms with Gasteiger partial charge < -0.3 is 19.3 Å². The lowest BCUT2D eigenvalue weighted by molar-refractivity contribution is -0.110. The third kappa shape index (κ3) is 5.20. The van der Waals surface area contributed by atoms with Crippen LogP contribution in [0.1, 0.15) is 27.1 Å². The van der Waals surface area contributed by atoms with Gasteiger partial charge in [0.1, 0.15) is 18.8 Å². The van der Waals surface area contributed by atoms with Crippen LogP contribution in [0.5, 0.6) is 0 Å². The number of aliphatic hydroxyl groups is 1. The average Bonchev–Trinajstić information content (AvgIpc) is 3.00. The molecule has 2 aromatic carbocycles. The van der Waals surface area contributed by atoms with Crippen LogP contribution in [-0.4, -0.2) is 42.1 Å². The standard InChI is InChI=1S/C19H16Cl2O6/c20-13-5-1-11(2-6-13)18(23)25-10-16-15(9-17(22)26-16)27-19(24)12-3-7-14(21)8-4-12/h1-8,15-17,22H,9-10H2/t15-,16+,17-/m0/s1. The first kappa shape index (κ1) is 19.6. The normalized spacial score (nSPS) is 21.7. The smallest absolute Gasteiger partial charge is 0.338 e. The molecule has 0 saturated carbocycles. The van der Waals surface area contributed by atoms with Crippen molar-refractivity contribution in [3.8, 4) is 0 Å². The Balaban J connectivity index is 1.58. The predicted molar refractivity (Wildman–Crippen MR) is 97.9 cm³/mol. The fourth-order valence-corrected chi connectivity index (χ4v) is 2.84. The van der Waals surface area contributed by atoms with Gasteiger partial charge in [-0.15, -0.1) is 0 Å². The van der Waals surface area contributed by atoms with Gasteiger partial charge in [-0.05, 0) is 48.5 Å². The molecule has 0 bridgehead atoms. The molecule has 27 heavy (non-hydrogen) atoms. The quantitative estimate of drug-likeness (QED) is 0.759. The van der Waals surface area contributed by atoms with Crippen molar-refractivity contribution in [3.05, 3.63) is 69.7 Å². The van der Waals surface area contributed by atoms with Gasteiger partial charge in [-0.25, -0.2) is 9.59 Å². The second-order valence-electron chi connectivity index (χ2n) is 5.92. The Morgan fingerprint density at radius 3 is 2.04 bits per heavy atom. The van der Waals surface area contributed by atoms with Crippen LogP contribution in [0.2, 0.25) is 10.0 Å². The lowest BCUT2D eigenvalue weighted by Gasteiger charge is -2.18. The summed E-state index contributed by atoms with van der Waals surface area (Å²) in [7, 11) is 0. The minimum atomic E-state index is -1.10. The van der Waals surface area contributed by atoms with Gasteiger partial charge in [-0.1, -0.05) is 23.2 Å². The molecule has 6 nitrogen and oxygen atoms in total. The molecule has 3 atom stereocenters. The maximum atomic E-state index is 12.2. The molecule has 1 fully saturated rings.